The van der Waals surface area contributed by atoms with Gasteiger partial charge in [-0.05, 0) is 12.1 Å². The third-order valence-electron chi connectivity index (χ3n) is 3.09. The molecular formula is C15H11N3O8. The number of amides is 1. The lowest BCUT2D eigenvalue weighted by Crippen LogP contribution is -2.29. The van der Waals surface area contributed by atoms with Gasteiger partial charge >= 0.3 is 11.7 Å². The van der Waals surface area contributed by atoms with Gasteiger partial charge in [0, 0.05) is 6.07 Å². The minimum absolute atomic E-state index is 0.210. The molecule has 0 unspecified atom stereocenters. The van der Waals surface area contributed by atoms with E-state index < -0.39 is 51.0 Å². The number of carboxylic acid groups (broad SMARTS) is 1. The Labute approximate surface area is 145 Å². The fourth-order valence-corrected chi connectivity index (χ4v) is 1.98. The van der Waals surface area contributed by atoms with Crippen molar-refractivity contribution in [2.45, 2.75) is 0 Å². The second kappa shape index (κ2) is 7.70. The Kier molecular flexibility index (Phi) is 5.43. The molecule has 0 atom stereocenters. The first-order valence-electron chi connectivity index (χ1n) is 6.99. The van der Waals surface area contributed by atoms with E-state index in [-0.39, 0.29) is 5.75 Å². The zero-order valence-corrected chi connectivity index (χ0v) is 12.9. The predicted molar refractivity (Wildman–Crippen MR) is 86.2 cm³/mol. The first kappa shape index (κ1) is 18.3. The number of aliphatic carboxylic acids is 1. The van der Waals surface area contributed by atoms with Crippen molar-refractivity contribution < 1.29 is 29.3 Å². The third-order valence-corrected chi connectivity index (χ3v) is 3.09. The lowest BCUT2D eigenvalue weighted by Gasteiger charge is -2.09. The van der Waals surface area contributed by atoms with Crippen molar-refractivity contribution in [1.29, 1.82) is 0 Å². The third kappa shape index (κ3) is 4.29. The molecule has 0 bridgehead atoms. The topological polar surface area (TPSA) is 162 Å². The first-order valence-corrected chi connectivity index (χ1v) is 6.99. The maximum atomic E-state index is 12.1. The Morgan fingerprint density at radius 3 is 2.19 bits per heavy atom. The molecule has 0 aliphatic carbocycles. The molecule has 2 aromatic carbocycles. The number of nitro groups is 2. The number of carbonyl (C=O) groups excluding carboxylic acids is 1. The fourth-order valence-electron chi connectivity index (χ4n) is 1.98. The lowest BCUT2D eigenvalue weighted by molar-refractivity contribution is -0.394. The molecule has 134 valence electrons. The van der Waals surface area contributed by atoms with E-state index >= 15 is 0 Å². The lowest BCUT2D eigenvalue weighted by atomic mass is 10.1. The maximum Gasteiger partial charge on any atom is 0.322 e. The summed E-state index contributed by atoms with van der Waals surface area (Å²) in [6.07, 6.45) is 0. The van der Waals surface area contributed by atoms with Crippen LogP contribution in [0.5, 0.6) is 11.5 Å². The second-order valence-corrected chi connectivity index (χ2v) is 4.84. The Morgan fingerprint density at radius 1 is 1.04 bits per heavy atom. The van der Waals surface area contributed by atoms with Gasteiger partial charge in [-0.15, -0.1) is 0 Å². The monoisotopic (exact) mass is 361 g/mol. The summed E-state index contributed by atoms with van der Waals surface area (Å²) in [5.74, 6) is -2.62. The molecule has 11 nitrogen and oxygen atoms in total. The predicted octanol–water partition coefficient (Wildman–Crippen LogP) is 2.11. The molecule has 0 aromatic heterocycles. The minimum Gasteiger partial charge on any atom is -0.480 e. The second-order valence-electron chi connectivity index (χ2n) is 4.84. The molecule has 0 heterocycles. The zero-order valence-electron chi connectivity index (χ0n) is 12.9. The summed E-state index contributed by atoms with van der Waals surface area (Å²) in [7, 11) is 0. The van der Waals surface area contributed by atoms with Gasteiger partial charge in [0.25, 0.3) is 11.6 Å². The van der Waals surface area contributed by atoms with Crippen LogP contribution in [0.25, 0.3) is 0 Å². The van der Waals surface area contributed by atoms with Crippen molar-refractivity contribution in [2.75, 3.05) is 6.54 Å². The quantitative estimate of drug-likeness (QED) is 0.559. The highest BCUT2D eigenvalue weighted by Gasteiger charge is 2.29. The van der Waals surface area contributed by atoms with Crippen molar-refractivity contribution in [3.05, 3.63) is 68.3 Å². The van der Waals surface area contributed by atoms with E-state index in [1.807, 2.05) is 5.32 Å². The largest absolute Gasteiger partial charge is 0.480 e. The summed E-state index contributed by atoms with van der Waals surface area (Å²) in [5, 5.41) is 32.9. The van der Waals surface area contributed by atoms with Crippen molar-refractivity contribution >= 4 is 23.3 Å². The van der Waals surface area contributed by atoms with E-state index in [1.165, 1.54) is 12.1 Å². The molecular weight excluding hydrogens is 350 g/mol. The summed E-state index contributed by atoms with van der Waals surface area (Å²) < 4.78 is 5.36. The smallest absolute Gasteiger partial charge is 0.322 e. The van der Waals surface area contributed by atoms with Crippen molar-refractivity contribution in [1.82, 2.24) is 5.32 Å². The van der Waals surface area contributed by atoms with Crippen LogP contribution in [0.2, 0.25) is 0 Å². The van der Waals surface area contributed by atoms with Gasteiger partial charge in [0.1, 0.15) is 17.9 Å². The standard InChI is InChI=1S/C15H11N3O8/c19-14(20)8-16-15(21)10-6-13(26-9-4-2-1-3-5-9)12(18(24)25)7-11(10)17(22)23/h1-7H,8H2,(H,16,21)(H,19,20). The van der Waals surface area contributed by atoms with Gasteiger partial charge in [0.15, 0.2) is 0 Å². The fraction of sp³-hybridized carbons (Fsp3) is 0.0667. The molecule has 0 spiro atoms. The molecule has 2 aromatic rings. The van der Waals surface area contributed by atoms with Gasteiger partial charge in [-0.25, -0.2) is 0 Å². The molecule has 26 heavy (non-hydrogen) atoms. The summed E-state index contributed by atoms with van der Waals surface area (Å²) in [5.41, 5.74) is -2.12. The Balaban J connectivity index is 2.53. The molecule has 1 amide bonds. The van der Waals surface area contributed by atoms with Crippen LogP contribution < -0.4 is 10.1 Å². The number of para-hydroxylation sites is 1. The highest BCUT2D eigenvalue weighted by molar-refractivity contribution is 6.00. The minimum atomic E-state index is -1.36. The molecule has 0 radical (unpaired) electrons. The van der Waals surface area contributed by atoms with Gasteiger partial charge in [-0.1, -0.05) is 18.2 Å². The molecule has 11 heteroatoms. The number of hydrogen-bond donors (Lipinski definition) is 2. The van der Waals surface area contributed by atoms with Crippen LogP contribution in [-0.4, -0.2) is 33.4 Å². The summed E-state index contributed by atoms with van der Waals surface area (Å²) in [4.78, 5) is 43.1. The van der Waals surface area contributed by atoms with E-state index in [0.717, 1.165) is 6.07 Å². The van der Waals surface area contributed by atoms with Crippen LogP contribution in [0.1, 0.15) is 10.4 Å². The highest BCUT2D eigenvalue weighted by atomic mass is 16.6. The van der Waals surface area contributed by atoms with E-state index in [4.69, 9.17) is 9.84 Å². The highest BCUT2D eigenvalue weighted by Crippen LogP contribution is 2.37. The Hall–Kier alpha value is -4.02. The average molecular weight is 361 g/mol. The molecule has 0 fully saturated rings. The van der Waals surface area contributed by atoms with E-state index in [1.54, 1.807) is 18.2 Å². The molecule has 0 saturated carbocycles. The molecule has 2 rings (SSSR count). The van der Waals surface area contributed by atoms with Crippen molar-refractivity contribution in [3.63, 3.8) is 0 Å². The Bertz CT molecular complexity index is 882. The summed E-state index contributed by atoms with van der Waals surface area (Å²) in [6, 6.07) is 9.31. The number of ether oxygens (including phenoxy) is 1. The van der Waals surface area contributed by atoms with Crippen molar-refractivity contribution in [3.8, 4) is 11.5 Å². The average Bonchev–Trinajstić information content (AvgIpc) is 2.59. The van der Waals surface area contributed by atoms with Crippen LogP contribution in [0, 0.1) is 20.2 Å². The van der Waals surface area contributed by atoms with Gasteiger partial charge in [-0.3, -0.25) is 29.8 Å². The van der Waals surface area contributed by atoms with E-state index in [9.17, 15) is 29.8 Å². The zero-order chi connectivity index (χ0) is 19.3. The molecule has 0 aliphatic heterocycles. The van der Waals surface area contributed by atoms with Crippen LogP contribution in [0.15, 0.2) is 42.5 Å². The van der Waals surface area contributed by atoms with Gasteiger partial charge in [-0.2, -0.15) is 0 Å². The number of carbonyl (C=O) groups is 2. The van der Waals surface area contributed by atoms with Crippen LogP contribution >= 0.6 is 0 Å². The number of benzene rings is 2. The van der Waals surface area contributed by atoms with E-state index in [0.29, 0.717) is 6.07 Å². The van der Waals surface area contributed by atoms with Crippen molar-refractivity contribution in [2.24, 2.45) is 0 Å². The summed E-state index contributed by atoms with van der Waals surface area (Å²) in [6.45, 7) is -0.776. The van der Waals surface area contributed by atoms with Gasteiger partial charge in [0.2, 0.25) is 5.75 Å². The van der Waals surface area contributed by atoms with Crippen LogP contribution in [0.3, 0.4) is 0 Å². The van der Waals surface area contributed by atoms with Crippen LogP contribution in [-0.2, 0) is 4.79 Å². The van der Waals surface area contributed by atoms with Gasteiger partial charge in [0.05, 0.1) is 15.9 Å². The van der Waals surface area contributed by atoms with E-state index in [2.05, 4.69) is 0 Å². The SMILES string of the molecule is O=C(O)CNC(=O)c1cc(Oc2ccccc2)c([N+](=O)[O-])cc1[N+](=O)[O-]. The molecule has 2 N–H and O–H groups in total. The van der Waals surface area contributed by atoms with Crippen LogP contribution in [0.4, 0.5) is 11.4 Å². The number of nitrogens with zero attached hydrogens (tertiary/aromatic N) is 2. The number of carboxylic acids is 1. The maximum absolute atomic E-state index is 12.1. The summed E-state index contributed by atoms with van der Waals surface area (Å²) >= 11 is 0. The normalized spacial score (nSPS) is 10.0. The van der Waals surface area contributed by atoms with Gasteiger partial charge < -0.3 is 15.2 Å². The number of nitro benzene ring substituents is 2. The first-order chi connectivity index (χ1) is 12.3. The Morgan fingerprint density at radius 2 is 1.65 bits per heavy atom. The number of rotatable bonds is 7. The molecule has 0 aliphatic rings. The number of hydrogen-bond acceptors (Lipinski definition) is 7. The molecule has 0 saturated heterocycles. The number of nitrogens with one attached hydrogen (secondary N) is 1.